The van der Waals surface area contributed by atoms with Crippen LogP contribution in [0.15, 0.2) is 12.2 Å². The number of imide groups is 1. The van der Waals surface area contributed by atoms with Gasteiger partial charge < -0.3 is 5.32 Å². The van der Waals surface area contributed by atoms with Gasteiger partial charge in [0.25, 0.3) is 0 Å². The number of nitrogens with one attached hydrogen (secondary N) is 1. The van der Waals surface area contributed by atoms with Crippen molar-refractivity contribution in [3.05, 3.63) is 12.2 Å². The molecular formula is C14H20N2O2. The van der Waals surface area contributed by atoms with Gasteiger partial charge in [0.05, 0.1) is 6.04 Å². The molecule has 1 saturated carbocycles. The Labute approximate surface area is 107 Å². The Bertz CT molecular complexity index is 405. The first kappa shape index (κ1) is 11.9. The molecule has 3 rings (SSSR count). The zero-order chi connectivity index (χ0) is 12.7. The molecule has 4 nitrogen and oxygen atoms in total. The van der Waals surface area contributed by atoms with Crippen molar-refractivity contribution in [1.29, 1.82) is 0 Å². The van der Waals surface area contributed by atoms with Crippen LogP contribution in [0.25, 0.3) is 0 Å². The predicted molar refractivity (Wildman–Crippen MR) is 67.6 cm³/mol. The van der Waals surface area contributed by atoms with Gasteiger partial charge in [-0.25, -0.2) is 0 Å². The lowest BCUT2D eigenvalue weighted by molar-refractivity contribution is -0.148. The highest BCUT2D eigenvalue weighted by Crippen LogP contribution is 2.43. The van der Waals surface area contributed by atoms with Crippen molar-refractivity contribution in [2.75, 3.05) is 13.6 Å². The number of allylic oxidation sites excluding steroid dienone is 2. The van der Waals surface area contributed by atoms with Gasteiger partial charge in [-0.2, -0.15) is 0 Å². The van der Waals surface area contributed by atoms with Crippen LogP contribution in [-0.4, -0.2) is 36.3 Å². The highest BCUT2D eigenvalue weighted by atomic mass is 16.2. The minimum atomic E-state index is -0.157. The van der Waals surface area contributed by atoms with E-state index in [2.05, 4.69) is 17.5 Å². The standard InChI is InChI=1S/C14H20N2O2/c1-16-13(17)5-4-12(14(16)18)15-8-11-7-9-2-3-10(11)6-9/h2-3,9-12,15H,4-8H2,1H3. The number of carbonyl (C=O) groups is 2. The fourth-order valence-corrected chi connectivity index (χ4v) is 3.53. The van der Waals surface area contributed by atoms with Crippen molar-refractivity contribution in [2.24, 2.45) is 17.8 Å². The summed E-state index contributed by atoms with van der Waals surface area (Å²) in [5, 5.41) is 3.37. The SMILES string of the molecule is CN1C(=O)CCC(NCC2CC3C=CC2C3)C1=O. The smallest absolute Gasteiger partial charge is 0.246 e. The zero-order valence-electron chi connectivity index (χ0n) is 10.8. The van der Waals surface area contributed by atoms with Crippen LogP contribution < -0.4 is 5.32 Å². The molecule has 4 unspecified atom stereocenters. The molecule has 0 aromatic rings. The molecule has 4 heteroatoms. The Morgan fingerprint density at radius 2 is 2.17 bits per heavy atom. The Kier molecular flexibility index (Phi) is 2.98. The molecule has 0 spiro atoms. The van der Waals surface area contributed by atoms with Gasteiger partial charge in [0.2, 0.25) is 11.8 Å². The van der Waals surface area contributed by atoms with Gasteiger partial charge in [0.15, 0.2) is 0 Å². The van der Waals surface area contributed by atoms with Gasteiger partial charge in [0.1, 0.15) is 0 Å². The van der Waals surface area contributed by atoms with E-state index in [9.17, 15) is 9.59 Å². The first-order valence-electron chi connectivity index (χ1n) is 6.87. The van der Waals surface area contributed by atoms with Gasteiger partial charge in [-0.3, -0.25) is 14.5 Å². The van der Waals surface area contributed by atoms with Gasteiger partial charge >= 0.3 is 0 Å². The van der Waals surface area contributed by atoms with Crippen molar-refractivity contribution in [3.8, 4) is 0 Å². The third-order valence-electron chi connectivity index (χ3n) is 4.69. The number of piperidine rings is 1. The van der Waals surface area contributed by atoms with E-state index in [-0.39, 0.29) is 17.9 Å². The number of amides is 2. The Hall–Kier alpha value is -1.16. The van der Waals surface area contributed by atoms with E-state index in [1.54, 1.807) is 7.05 Å². The third kappa shape index (κ3) is 1.99. The third-order valence-corrected chi connectivity index (χ3v) is 4.69. The molecule has 2 amide bonds. The second-order valence-corrected chi connectivity index (χ2v) is 5.83. The second kappa shape index (κ2) is 4.50. The summed E-state index contributed by atoms with van der Waals surface area (Å²) in [4.78, 5) is 24.6. The monoisotopic (exact) mass is 248 g/mol. The minimum Gasteiger partial charge on any atom is -0.306 e. The number of likely N-dealkylation sites (tertiary alicyclic amines) is 1. The van der Waals surface area contributed by atoms with Crippen LogP contribution in [0.1, 0.15) is 25.7 Å². The maximum atomic E-state index is 11.9. The highest BCUT2D eigenvalue weighted by Gasteiger charge is 2.37. The van der Waals surface area contributed by atoms with Crippen LogP contribution >= 0.6 is 0 Å². The first-order chi connectivity index (χ1) is 8.65. The van der Waals surface area contributed by atoms with Crippen LogP contribution in [0.3, 0.4) is 0 Å². The number of hydrogen-bond donors (Lipinski definition) is 1. The zero-order valence-corrected chi connectivity index (χ0v) is 10.8. The van der Waals surface area contributed by atoms with Crippen molar-refractivity contribution in [1.82, 2.24) is 10.2 Å². The molecule has 1 saturated heterocycles. The van der Waals surface area contributed by atoms with E-state index in [0.717, 1.165) is 12.5 Å². The number of fused-ring (bicyclic) bond motifs is 2. The summed E-state index contributed by atoms with van der Waals surface area (Å²) in [7, 11) is 1.58. The molecule has 1 aliphatic heterocycles. The minimum absolute atomic E-state index is 0.0547. The number of likely N-dealkylation sites (N-methyl/N-ethyl adjacent to an activating group) is 1. The van der Waals surface area contributed by atoms with Gasteiger partial charge in [-0.15, -0.1) is 0 Å². The van der Waals surface area contributed by atoms with Gasteiger partial charge in [-0.05, 0) is 43.6 Å². The molecule has 2 bridgehead atoms. The average molecular weight is 248 g/mol. The molecule has 1 heterocycles. The molecule has 2 aliphatic carbocycles. The summed E-state index contributed by atoms with van der Waals surface area (Å²) in [5.41, 5.74) is 0. The molecule has 0 radical (unpaired) electrons. The van der Waals surface area contributed by atoms with Crippen molar-refractivity contribution in [3.63, 3.8) is 0 Å². The fourth-order valence-electron chi connectivity index (χ4n) is 3.53. The summed E-state index contributed by atoms with van der Waals surface area (Å²) >= 11 is 0. The fraction of sp³-hybridized carbons (Fsp3) is 0.714. The first-order valence-corrected chi connectivity index (χ1v) is 6.87. The van der Waals surface area contributed by atoms with Crippen LogP contribution in [0.5, 0.6) is 0 Å². The van der Waals surface area contributed by atoms with E-state index in [4.69, 9.17) is 0 Å². The van der Waals surface area contributed by atoms with Crippen LogP contribution in [0, 0.1) is 17.8 Å². The van der Waals surface area contributed by atoms with Gasteiger partial charge in [0, 0.05) is 13.5 Å². The summed E-state index contributed by atoms with van der Waals surface area (Å²) in [6.45, 7) is 0.907. The molecule has 4 atom stereocenters. The maximum Gasteiger partial charge on any atom is 0.246 e. The van der Waals surface area contributed by atoms with Crippen LogP contribution in [0.2, 0.25) is 0 Å². The number of rotatable bonds is 3. The number of carbonyl (C=O) groups excluding carboxylic acids is 2. The highest BCUT2D eigenvalue weighted by molar-refractivity contribution is 6.00. The topological polar surface area (TPSA) is 49.4 Å². The lowest BCUT2D eigenvalue weighted by Crippen LogP contribution is -2.52. The molecule has 3 aliphatic rings. The normalized spacial score (nSPS) is 38.8. The molecule has 0 aromatic carbocycles. The predicted octanol–water partition coefficient (Wildman–Crippen LogP) is 0.936. The molecule has 1 N–H and O–H groups in total. The Morgan fingerprint density at radius 1 is 1.33 bits per heavy atom. The number of hydrogen-bond acceptors (Lipinski definition) is 3. The van der Waals surface area contributed by atoms with E-state index in [0.29, 0.717) is 24.7 Å². The molecule has 2 fully saturated rings. The van der Waals surface area contributed by atoms with Crippen molar-refractivity contribution in [2.45, 2.75) is 31.7 Å². The maximum absolute atomic E-state index is 11.9. The second-order valence-electron chi connectivity index (χ2n) is 5.83. The quantitative estimate of drug-likeness (QED) is 0.597. The summed E-state index contributed by atoms with van der Waals surface area (Å²) in [6, 6.07) is -0.157. The van der Waals surface area contributed by atoms with E-state index < -0.39 is 0 Å². The molecule has 18 heavy (non-hydrogen) atoms. The summed E-state index contributed by atoms with van der Waals surface area (Å²) < 4.78 is 0. The lowest BCUT2D eigenvalue weighted by Gasteiger charge is -2.30. The van der Waals surface area contributed by atoms with E-state index in [1.165, 1.54) is 17.7 Å². The Balaban J connectivity index is 1.53. The average Bonchev–Trinajstić information content (AvgIpc) is 2.97. The van der Waals surface area contributed by atoms with E-state index >= 15 is 0 Å². The summed E-state index contributed by atoms with van der Waals surface area (Å²) in [6.07, 6.45) is 8.35. The van der Waals surface area contributed by atoms with E-state index in [1.807, 2.05) is 0 Å². The van der Waals surface area contributed by atoms with Crippen molar-refractivity contribution >= 4 is 11.8 Å². The molecular weight excluding hydrogens is 228 g/mol. The molecule has 98 valence electrons. The summed E-state index contributed by atoms with van der Waals surface area (Å²) in [5.74, 6) is 2.04. The Morgan fingerprint density at radius 3 is 2.83 bits per heavy atom. The largest absolute Gasteiger partial charge is 0.306 e. The van der Waals surface area contributed by atoms with Gasteiger partial charge in [-0.1, -0.05) is 12.2 Å². The van der Waals surface area contributed by atoms with Crippen LogP contribution in [0.4, 0.5) is 0 Å². The lowest BCUT2D eigenvalue weighted by atomic mass is 9.93. The van der Waals surface area contributed by atoms with Crippen molar-refractivity contribution < 1.29 is 9.59 Å². The van der Waals surface area contributed by atoms with Crippen LogP contribution in [-0.2, 0) is 9.59 Å². The number of nitrogens with zero attached hydrogens (tertiary/aromatic N) is 1. The molecule has 0 aromatic heterocycles.